The van der Waals surface area contributed by atoms with Crippen LogP contribution in [0, 0.1) is 0 Å². The summed E-state index contributed by atoms with van der Waals surface area (Å²) in [5, 5.41) is 0. The fourth-order valence-corrected chi connectivity index (χ4v) is 2.83. The summed E-state index contributed by atoms with van der Waals surface area (Å²) in [5.41, 5.74) is 3.22. The smallest absolute Gasteiger partial charge is 0.123 e. The van der Waals surface area contributed by atoms with E-state index in [4.69, 9.17) is 9.47 Å². The second-order valence-electron chi connectivity index (χ2n) is 5.47. The van der Waals surface area contributed by atoms with Crippen LogP contribution in [0.3, 0.4) is 0 Å². The summed E-state index contributed by atoms with van der Waals surface area (Å²) in [7, 11) is 0. The SMILES string of the molecule is CCC1(C)CCc2cccc(OCC3CO3)c21. The summed E-state index contributed by atoms with van der Waals surface area (Å²) in [4.78, 5) is 0. The molecule has 3 rings (SSSR count). The van der Waals surface area contributed by atoms with Gasteiger partial charge < -0.3 is 9.47 Å². The van der Waals surface area contributed by atoms with Gasteiger partial charge in [0.15, 0.2) is 0 Å². The number of fused-ring (bicyclic) bond motifs is 1. The predicted molar refractivity (Wildman–Crippen MR) is 67.6 cm³/mol. The molecule has 2 atom stereocenters. The molecule has 0 amide bonds. The molecule has 2 nitrogen and oxygen atoms in total. The molecule has 0 bridgehead atoms. The van der Waals surface area contributed by atoms with Gasteiger partial charge in [-0.05, 0) is 36.3 Å². The molecule has 1 fully saturated rings. The first kappa shape index (κ1) is 11.1. The van der Waals surface area contributed by atoms with Gasteiger partial charge in [-0.25, -0.2) is 0 Å². The first-order valence-electron chi connectivity index (χ1n) is 6.60. The van der Waals surface area contributed by atoms with E-state index in [9.17, 15) is 0 Å². The van der Waals surface area contributed by atoms with Crippen molar-refractivity contribution in [1.82, 2.24) is 0 Å². The normalized spacial score (nSPS) is 30.1. The van der Waals surface area contributed by atoms with Crippen LogP contribution in [0.5, 0.6) is 5.75 Å². The van der Waals surface area contributed by atoms with Crippen LogP contribution < -0.4 is 4.74 Å². The minimum absolute atomic E-state index is 0.302. The third kappa shape index (κ3) is 1.95. The highest BCUT2D eigenvalue weighted by molar-refractivity contribution is 5.48. The van der Waals surface area contributed by atoms with E-state index in [1.807, 2.05) is 0 Å². The largest absolute Gasteiger partial charge is 0.490 e. The minimum atomic E-state index is 0.302. The molecule has 1 heterocycles. The van der Waals surface area contributed by atoms with Gasteiger partial charge in [-0.3, -0.25) is 0 Å². The number of aryl methyl sites for hydroxylation is 1. The maximum Gasteiger partial charge on any atom is 0.123 e. The first-order valence-corrected chi connectivity index (χ1v) is 6.60. The average molecular weight is 232 g/mol. The summed E-state index contributed by atoms with van der Waals surface area (Å²) >= 11 is 0. The lowest BCUT2D eigenvalue weighted by molar-refractivity contribution is 0.257. The van der Waals surface area contributed by atoms with E-state index in [0.29, 0.717) is 18.1 Å². The Balaban J connectivity index is 1.90. The Kier molecular flexibility index (Phi) is 2.62. The van der Waals surface area contributed by atoms with Crippen LogP contribution in [0.4, 0.5) is 0 Å². The molecule has 2 unspecified atom stereocenters. The van der Waals surface area contributed by atoms with Gasteiger partial charge in [0, 0.05) is 5.56 Å². The number of epoxide rings is 1. The van der Waals surface area contributed by atoms with Gasteiger partial charge in [-0.15, -0.1) is 0 Å². The lowest BCUT2D eigenvalue weighted by Crippen LogP contribution is -2.18. The standard InChI is InChI=1S/C15H20O2/c1-3-15(2)8-7-11-5-4-6-13(14(11)15)17-10-12-9-16-12/h4-6,12H,3,7-10H2,1-2H3. The molecule has 17 heavy (non-hydrogen) atoms. The molecular formula is C15H20O2. The Hall–Kier alpha value is -1.02. The Morgan fingerprint density at radius 3 is 3.00 bits per heavy atom. The zero-order valence-corrected chi connectivity index (χ0v) is 10.7. The molecule has 0 N–H and O–H groups in total. The second-order valence-corrected chi connectivity index (χ2v) is 5.47. The Morgan fingerprint density at radius 2 is 2.29 bits per heavy atom. The maximum absolute atomic E-state index is 5.95. The van der Waals surface area contributed by atoms with Crippen molar-refractivity contribution in [2.75, 3.05) is 13.2 Å². The van der Waals surface area contributed by atoms with Crippen LogP contribution in [-0.2, 0) is 16.6 Å². The van der Waals surface area contributed by atoms with E-state index in [2.05, 4.69) is 32.0 Å². The predicted octanol–water partition coefficient (Wildman–Crippen LogP) is 3.08. The van der Waals surface area contributed by atoms with Crippen LogP contribution in [0.1, 0.15) is 37.8 Å². The van der Waals surface area contributed by atoms with Gasteiger partial charge >= 0.3 is 0 Å². The van der Waals surface area contributed by atoms with Crippen LogP contribution >= 0.6 is 0 Å². The molecular weight excluding hydrogens is 212 g/mol. The van der Waals surface area contributed by atoms with Gasteiger partial charge in [0.25, 0.3) is 0 Å². The Labute approximate surface area is 103 Å². The van der Waals surface area contributed by atoms with E-state index < -0.39 is 0 Å². The highest BCUT2D eigenvalue weighted by atomic mass is 16.6. The number of hydrogen-bond donors (Lipinski definition) is 0. The maximum atomic E-state index is 5.95. The van der Waals surface area contributed by atoms with Crippen LogP contribution in [0.2, 0.25) is 0 Å². The summed E-state index contributed by atoms with van der Waals surface area (Å²) in [6.45, 7) is 6.20. The highest BCUT2D eigenvalue weighted by Gasteiger charge is 2.36. The zero-order valence-electron chi connectivity index (χ0n) is 10.7. The third-order valence-corrected chi connectivity index (χ3v) is 4.27. The molecule has 1 aromatic carbocycles. The lowest BCUT2D eigenvalue weighted by Gasteiger charge is -2.25. The van der Waals surface area contributed by atoms with Crippen LogP contribution in [0.15, 0.2) is 18.2 Å². The van der Waals surface area contributed by atoms with E-state index in [-0.39, 0.29) is 0 Å². The fourth-order valence-electron chi connectivity index (χ4n) is 2.83. The second kappa shape index (κ2) is 4.02. The molecule has 92 valence electrons. The molecule has 0 aromatic heterocycles. The van der Waals surface area contributed by atoms with Gasteiger partial charge in [-0.1, -0.05) is 26.0 Å². The topological polar surface area (TPSA) is 21.8 Å². The molecule has 1 aromatic rings. The van der Waals surface area contributed by atoms with Gasteiger partial charge in [-0.2, -0.15) is 0 Å². The zero-order chi connectivity index (χ0) is 11.9. The number of benzene rings is 1. The lowest BCUT2D eigenvalue weighted by atomic mass is 9.81. The average Bonchev–Trinajstić information content (AvgIpc) is 3.12. The van der Waals surface area contributed by atoms with Crippen molar-refractivity contribution in [3.63, 3.8) is 0 Å². The first-order chi connectivity index (χ1) is 8.23. The number of ether oxygens (including phenoxy) is 2. The summed E-state index contributed by atoms with van der Waals surface area (Å²) in [5.74, 6) is 1.08. The molecule has 1 saturated heterocycles. The Morgan fingerprint density at radius 1 is 1.47 bits per heavy atom. The van der Waals surface area contributed by atoms with E-state index in [1.54, 1.807) is 0 Å². The van der Waals surface area contributed by atoms with Crippen LogP contribution in [0.25, 0.3) is 0 Å². The van der Waals surface area contributed by atoms with E-state index >= 15 is 0 Å². The minimum Gasteiger partial charge on any atom is -0.490 e. The number of rotatable bonds is 4. The molecule has 0 spiro atoms. The molecule has 0 radical (unpaired) electrons. The van der Waals surface area contributed by atoms with Crippen molar-refractivity contribution in [2.24, 2.45) is 0 Å². The molecule has 0 saturated carbocycles. The molecule has 1 aliphatic carbocycles. The van der Waals surface area contributed by atoms with E-state index in [0.717, 1.165) is 12.4 Å². The molecule has 1 aliphatic heterocycles. The van der Waals surface area contributed by atoms with Crippen molar-refractivity contribution in [2.45, 2.75) is 44.6 Å². The van der Waals surface area contributed by atoms with Crippen molar-refractivity contribution >= 4 is 0 Å². The van der Waals surface area contributed by atoms with Gasteiger partial charge in [0.1, 0.15) is 18.5 Å². The van der Waals surface area contributed by atoms with Gasteiger partial charge in [0.2, 0.25) is 0 Å². The monoisotopic (exact) mass is 232 g/mol. The third-order valence-electron chi connectivity index (χ3n) is 4.27. The van der Waals surface area contributed by atoms with Crippen molar-refractivity contribution in [3.05, 3.63) is 29.3 Å². The summed E-state index contributed by atoms with van der Waals surface area (Å²) in [6, 6.07) is 6.47. The molecule has 2 aliphatic rings. The summed E-state index contributed by atoms with van der Waals surface area (Å²) < 4.78 is 11.1. The quantitative estimate of drug-likeness (QED) is 0.744. The van der Waals surface area contributed by atoms with Crippen molar-refractivity contribution < 1.29 is 9.47 Å². The van der Waals surface area contributed by atoms with Crippen molar-refractivity contribution in [3.8, 4) is 5.75 Å². The fraction of sp³-hybridized carbons (Fsp3) is 0.600. The molecule has 2 heteroatoms. The van der Waals surface area contributed by atoms with Gasteiger partial charge in [0.05, 0.1) is 6.61 Å². The highest BCUT2D eigenvalue weighted by Crippen LogP contribution is 2.46. The van der Waals surface area contributed by atoms with Crippen LogP contribution in [-0.4, -0.2) is 19.3 Å². The van der Waals surface area contributed by atoms with E-state index in [1.165, 1.54) is 30.4 Å². The summed E-state index contributed by atoms with van der Waals surface area (Å²) in [6.07, 6.45) is 3.95. The number of hydrogen-bond acceptors (Lipinski definition) is 2. The van der Waals surface area contributed by atoms with Crippen molar-refractivity contribution in [1.29, 1.82) is 0 Å². The Bertz CT molecular complexity index is 423.